The summed E-state index contributed by atoms with van der Waals surface area (Å²) in [7, 11) is -5.83. The Morgan fingerprint density at radius 2 is 0.600 bits per heavy atom. The normalized spacial score (nSPS) is 5.40. The summed E-state index contributed by atoms with van der Waals surface area (Å²) in [6.07, 6.45) is 0. The molecule has 60 valence electrons. The number of rotatable bonds is 0. The molecule has 0 saturated heterocycles. The maximum atomic E-state index is 8.42. The van der Waals surface area contributed by atoms with Crippen molar-refractivity contribution in [2.24, 2.45) is 0 Å². The fourth-order valence-electron chi connectivity index (χ4n) is 0. The van der Waals surface area contributed by atoms with Gasteiger partial charge in [0, 0.05) is 0 Å². The Morgan fingerprint density at radius 3 is 0.600 bits per heavy atom. The molecule has 0 aliphatic heterocycles. The van der Waals surface area contributed by atoms with Crippen molar-refractivity contribution in [3.63, 3.8) is 0 Å². The first-order valence-corrected chi connectivity index (χ1v) is 1.41. The van der Waals surface area contributed by atoms with Crippen LogP contribution in [0.2, 0.25) is 0 Å². The molecule has 10 heavy (non-hydrogen) atoms. The van der Waals surface area contributed by atoms with Gasteiger partial charge in [-0.3, -0.25) is 14.6 Å². The molecule has 10 heteroatoms. The quantitative estimate of drug-likeness (QED) is 0.402. The molecule has 0 saturated carbocycles. The monoisotopic (exact) mass is 338 g/mol. The molecule has 0 rings (SSSR count). The zero-order valence-corrected chi connectivity index (χ0v) is 7.90. The van der Waals surface area contributed by atoms with Gasteiger partial charge in [-0.1, -0.05) is 0 Å². The Balaban J connectivity index is -0.0000000300. The van der Waals surface area contributed by atoms with Crippen molar-refractivity contribution in [2.75, 3.05) is 0 Å². The van der Waals surface area contributed by atoms with Gasteiger partial charge in [0.25, 0.3) is 0 Å². The van der Waals surface area contributed by atoms with Crippen LogP contribution in [0.1, 0.15) is 0 Å². The summed E-state index contributed by atoms with van der Waals surface area (Å²) in [6, 6.07) is 0. The van der Waals surface area contributed by atoms with Crippen molar-refractivity contribution in [2.45, 2.75) is 0 Å². The second-order valence-electron chi connectivity index (χ2n) is 0.577. The van der Waals surface area contributed by atoms with Crippen molar-refractivity contribution in [3.8, 4) is 0 Å². The van der Waals surface area contributed by atoms with Gasteiger partial charge in [-0.15, -0.1) is 0 Å². The first-order chi connectivity index (χ1) is 3.46. The van der Waals surface area contributed by atoms with Crippen LogP contribution in [0, 0.1) is 36.9 Å². The Kier molecular flexibility index (Phi) is 39.0. The molecule has 0 aromatic rings. The largest absolute Gasteiger partial charge is 3.00 e. The van der Waals surface area contributed by atoms with E-state index in [4.69, 9.17) is 30.1 Å². The molecule has 6 nitrogen and oxygen atoms in total. The molecule has 0 fully saturated rings. The molecule has 0 bridgehead atoms. The third-order valence-electron chi connectivity index (χ3n) is 0. The summed E-state index contributed by atoms with van der Waals surface area (Å²) in [4.78, 5) is 0. The number of hydrogen-bond donors (Lipinski definition) is 0. The van der Waals surface area contributed by atoms with Crippen LogP contribution in [0.4, 0.5) is 0 Å². The maximum absolute atomic E-state index is 8.42. The molecule has 0 aromatic carbocycles. The fourth-order valence-corrected chi connectivity index (χ4v) is 0. The van der Waals surface area contributed by atoms with E-state index in [0.29, 0.717) is 0 Å². The van der Waals surface area contributed by atoms with Crippen molar-refractivity contribution in [1.29, 1.82) is 0 Å². The van der Waals surface area contributed by atoms with E-state index in [9.17, 15) is 0 Å². The Bertz CT molecular complexity index is 31.2. The Hall–Kier alpha value is 1.99. The van der Waals surface area contributed by atoms with Gasteiger partial charge in [0.05, 0.1) is 0 Å². The van der Waals surface area contributed by atoms with Gasteiger partial charge in [0.1, 0.15) is 0 Å². The van der Waals surface area contributed by atoms with Crippen LogP contribution in [0.25, 0.3) is 0 Å². The smallest absolute Gasteiger partial charge is 0.907 e. The van der Waals surface area contributed by atoms with Crippen molar-refractivity contribution >= 4 is 14.6 Å². The van der Waals surface area contributed by atoms with Crippen LogP contribution < -0.4 is 30.1 Å². The van der Waals surface area contributed by atoms with Crippen LogP contribution in [-0.4, -0.2) is 14.6 Å². The molecule has 0 N–H and O–H groups in total. The third-order valence-corrected chi connectivity index (χ3v) is 0. The van der Waals surface area contributed by atoms with Crippen molar-refractivity contribution in [3.05, 3.63) is 0 Å². The second kappa shape index (κ2) is 17.2. The van der Waals surface area contributed by atoms with Gasteiger partial charge in [-0.2, -0.15) is 0 Å². The average molecular weight is 338 g/mol. The van der Waals surface area contributed by atoms with E-state index >= 15 is 0 Å². The Labute approximate surface area is 106 Å². The van der Waals surface area contributed by atoms with Gasteiger partial charge in [0.2, 0.25) is 0 Å². The fraction of sp³-hybridized carbons (Fsp3) is 0. The van der Waals surface area contributed by atoms with Crippen LogP contribution >= 0.6 is 0 Å². The second-order valence-corrected chi connectivity index (χ2v) is 0.577. The summed E-state index contributed by atoms with van der Waals surface area (Å²) in [6.45, 7) is 0. The van der Waals surface area contributed by atoms with E-state index in [1.165, 1.54) is 0 Å². The minimum Gasteiger partial charge on any atom is -0.907 e. The molecule has 0 unspecified atom stereocenters. The zero-order valence-electron chi connectivity index (χ0n) is 4.44. The van der Waals surface area contributed by atoms with E-state index < -0.39 is 14.6 Å². The standard InChI is InChI=1S/2BO3.Lu.Sc/c2*2-1(3)4;;/q2*-3;2*+3. The maximum Gasteiger partial charge on any atom is 3.00 e. The predicted molar refractivity (Wildman–Crippen MR) is 11.5 cm³/mol. The molecule has 0 spiro atoms. The molecule has 0 aromatic heterocycles. The number of hydrogen-bond acceptors (Lipinski definition) is 6. The first-order valence-electron chi connectivity index (χ1n) is 1.41. The van der Waals surface area contributed by atoms with E-state index in [1.54, 1.807) is 0 Å². The van der Waals surface area contributed by atoms with Gasteiger partial charge in [-0.05, 0) is 0 Å². The molecular formula is B2LuO6Sc. The molecule has 0 radical (unpaired) electrons. The van der Waals surface area contributed by atoms with Gasteiger partial charge in [0.15, 0.2) is 0 Å². The van der Waals surface area contributed by atoms with E-state index in [-0.39, 0.29) is 62.7 Å². The minimum absolute atomic E-state index is 0. The van der Waals surface area contributed by atoms with Crippen molar-refractivity contribution < 1.29 is 92.9 Å². The summed E-state index contributed by atoms with van der Waals surface area (Å²) < 4.78 is 0. The van der Waals surface area contributed by atoms with Crippen LogP contribution in [0.15, 0.2) is 0 Å². The molecule has 0 aliphatic rings. The van der Waals surface area contributed by atoms with E-state index in [2.05, 4.69) is 0 Å². The summed E-state index contributed by atoms with van der Waals surface area (Å²) in [5.41, 5.74) is 0. The minimum atomic E-state index is -2.92. The van der Waals surface area contributed by atoms with Gasteiger partial charge < -0.3 is 30.1 Å². The zero-order chi connectivity index (χ0) is 7.15. The summed E-state index contributed by atoms with van der Waals surface area (Å²) >= 11 is 0. The van der Waals surface area contributed by atoms with E-state index in [1.807, 2.05) is 0 Å². The molecule has 0 aliphatic carbocycles. The topological polar surface area (TPSA) is 138 Å². The van der Waals surface area contributed by atoms with Crippen LogP contribution in [-0.2, 0) is 25.8 Å². The van der Waals surface area contributed by atoms with Gasteiger partial charge in [-0.25, -0.2) is 0 Å². The van der Waals surface area contributed by atoms with E-state index in [0.717, 1.165) is 0 Å². The average Bonchev–Trinajstić information content (AvgIpc) is 1.25. The molecule has 0 atom stereocenters. The molecule has 0 amide bonds. The summed E-state index contributed by atoms with van der Waals surface area (Å²) in [5, 5.41) is 50.5. The van der Waals surface area contributed by atoms with Crippen molar-refractivity contribution in [1.82, 2.24) is 0 Å². The SMILES string of the molecule is [Lu+3].[O-]B([O-])[O-].[O-]B([O-])[O-].[Sc+3]. The molecule has 0 heterocycles. The summed E-state index contributed by atoms with van der Waals surface area (Å²) in [5.74, 6) is 0. The predicted octanol–water partition coefficient (Wildman–Crippen LogP) is -7.90. The Morgan fingerprint density at radius 1 is 0.600 bits per heavy atom. The third kappa shape index (κ3) is 203. The van der Waals surface area contributed by atoms with Gasteiger partial charge >= 0.3 is 62.7 Å². The van der Waals surface area contributed by atoms with Crippen LogP contribution in [0.5, 0.6) is 0 Å². The molecular weight excluding hydrogens is 338 g/mol. The van der Waals surface area contributed by atoms with Crippen LogP contribution in [0.3, 0.4) is 0 Å². The first kappa shape index (κ1) is 22.7.